The number of benzene rings is 1. The molecule has 0 aliphatic carbocycles. The second-order valence-electron chi connectivity index (χ2n) is 6.90. The summed E-state index contributed by atoms with van der Waals surface area (Å²) in [5, 5.41) is 0. The van der Waals surface area contributed by atoms with Crippen LogP contribution < -0.4 is 0 Å². The molecule has 0 saturated carbocycles. The molecule has 1 aromatic heterocycles. The summed E-state index contributed by atoms with van der Waals surface area (Å²) in [6.45, 7) is 6.76. The summed E-state index contributed by atoms with van der Waals surface area (Å²) in [7, 11) is 0. The first-order valence-corrected chi connectivity index (χ1v) is 8.73. The molecule has 3 heterocycles. The maximum absolute atomic E-state index is 5.84. The molecule has 0 amide bonds. The average Bonchev–Trinajstić information content (AvgIpc) is 2.56. The number of fused-ring (bicyclic) bond motifs is 2. The van der Waals surface area contributed by atoms with Crippen LogP contribution in [0.25, 0.3) is 5.57 Å². The highest BCUT2D eigenvalue weighted by Gasteiger charge is 2.35. The Hall–Kier alpha value is -1.97. The topological polar surface area (TPSA) is 25.4 Å². The summed E-state index contributed by atoms with van der Waals surface area (Å²) in [6.07, 6.45) is 3.44. The first-order valence-electron chi connectivity index (χ1n) is 8.73. The van der Waals surface area contributed by atoms with Crippen molar-refractivity contribution in [3.63, 3.8) is 0 Å². The summed E-state index contributed by atoms with van der Waals surface area (Å²) in [5.41, 5.74) is 6.33. The first-order chi connectivity index (χ1) is 11.7. The largest absolute Gasteiger partial charge is 0.378 e. The van der Waals surface area contributed by atoms with E-state index in [1.165, 1.54) is 16.7 Å². The minimum absolute atomic E-state index is 0.355. The molecule has 0 spiro atoms. The van der Waals surface area contributed by atoms with Crippen LogP contribution >= 0.6 is 0 Å². The van der Waals surface area contributed by atoms with E-state index in [2.05, 4.69) is 72.3 Å². The number of nitrogens with zero attached hydrogens (tertiary/aromatic N) is 2. The fourth-order valence-electron chi connectivity index (χ4n) is 3.93. The van der Waals surface area contributed by atoms with Crippen molar-refractivity contribution in [3.8, 4) is 0 Å². The fourth-order valence-corrected chi connectivity index (χ4v) is 3.93. The van der Waals surface area contributed by atoms with Gasteiger partial charge in [-0.2, -0.15) is 0 Å². The Bertz CT molecular complexity index is 754. The molecule has 1 fully saturated rings. The maximum Gasteiger partial charge on any atom is 0.0658 e. The van der Waals surface area contributed by atoms with Crippen LogP contribution in [0, 0.1) is 13.8 Å². The van der Waals surface area contributed by atoms with Crippen molar-refractivity contribution < 1.29 is 4.74 Å². The summed E-state index contributed by atoms with van der Waals surface area (Å²) >= 11 is 0. The first kappa shape index (κ1) is 15.6. The Kier molecular flexibility index (Phi) is 4.21. The number of hydrogen-bond acceptors (Lipinski definition) is 3. The molecule has 1 saturated heterocycles. The highest BCUT2D eigenvalue weighted by molar-refractivity contribution is 5.69. The van der Waals surface area contributed by atoms with Gasteiger partial charge in [-0.05, 0) is 43.0 Å². The van der Waals surface area contributed by atoms with Gasteiger partial charge in [0.25, 0.3) is 0 Å². The van der Waals surface area contributed by atoms with Crippen LogP contribution in [0.4, 0.5) is 0 Å². The van der Waals surface area contributed by atoms with Crippen molar-refractivity contribution in [1.82, 2.24) is 9.88 Å². The van der Waals surface area contributed by atoms with Crippen LogP contribution in [-0.4, -0.2) is 35.2 Å². The summed E-state index contributed by atoms with van der Waals surface area (Å²) < 4.78 is 5.84. The van der Waals surface area contributed by atoms with E-state index >= 15 is 0 Å². The van der Waals surface area contributed by atoms with Crippen LogP contribution in [0.15, 0.2) is 48.5 Å². The lowest BCUT2D eigenvalue weighted by atomic mass is 9.88. The smallest absolute Gasteiger partial charge is 0.0658 e. The van der Waals surface area contributed by atoms with Gasteiger partial charge in [-0.3, -0.25) is 9.88 Å². The highest BCUT2D eigenvalue weighted by Crippen LogP contribution is 2.34. The molecule has 2 atom stereocenters. The number of aromatic nitrogens is 1. The van der Waals surface area contributed by atoms with Gasteiger partial charge in [-0.15, -0.1) is 0 Å². The van der Waals surface area contributed by atoms with Crippen molar-refractivity contribution in [3.05, 3.63) is 71.1 Å². The van der Waals surface area contributed by atoms with Crippen LogP contribution in [0.1, 0.15) is 28.9 Å². The molecule has 0 N–H and O–H groups in total. The number of ether oxygens (including phenoxy) is 1. The van der Waals surface area contributed by atoms with Gasteiger partial charge in [0.05, 0.1) is 19.3 Å². The zero-order chi connectivity index (χ0) is 16.5. The summed E-state index contributed by atoms with van der Waals surface area (Å²) in [4.78, 5) is 7.24. The van der Waals surface area contributed by atoms with Crippen molar-refractivity contribution in [2.75, 3.05) is 13.2 Å². The third-order valence-corrected chi connectivity index (χ3v) is 5.12. The van der Waals surface area contributed by atoms with E-state index < -0.39 is 0 Å². The molecular formula is C21H24N2O. The SMILES string of the molecule is Cc1ccc(C2=CC3COCC(C2)N3Cc2ccccc2)c(C)n1. The zero-order valence-electron chi connectivity index (χ0n) is 14.4. The zero-order valence-corrected chi connectivity index (χ0v) is 14.4. The van der Waals surface area contributed by atoms with Crippen LogP contribution in [0.5, 0.6) is 0 Å². The van der Waals surface area contributed by atoms with Crippen molar-refractivity contribution in [2.24, 2.45) is 0 Å². The molecule has 2 unspecified atom stereocenters. The molecule has 3 nitrogen and oxygen atoms in total. The monoisotopic (exact) mass is 320 g/mol. The van der Waals surface area contributed by atoms with Gasteiger partial charge in [0.15, 0.2) is 0 Å². The maximum atomic E-state index is 5.84. The van der Waals surface area contributed by atoms with Crippen LogP contribution in [-0.2, 0) is 11.3 Å². The molecule has 24 heavy (non-hydrogen) atoms. The van der Waals surface area contributed by atoms with Gasteiger partial charge < -0.3 is 4.74 Å². The molecule has 2 aliphatic heterocycles. The van der Waals surface area contributed by atoms with Crippen molar-refractivity contribution >= 4 is 5.57 Å². The molecule has 2 aliphatic rings. The van der Waals surface area contributed by atoms with E-state index in [-0.39, 0.29) is 0 Å². The Morgan fingerprint density at radius 3 is 2.67 bits per heavy atom. The second-order valence-corrected chi connectivity index (χ2v) is 6.90. The normalized spacial score (nSPS) is 23.8. The van der Waals surface area contributed by atoms with Gasteiger partial charge in [0, 0.05) is 24.0 Å². The quantitative estimate of drug-likeness (QED) is 0.861. The summed E-state index contributed by atoms with van der Waals surface area (Å²) in [5.74, 6) is 0. The lowest BCUT2D eigenvalue weighted by molar-refractivity contribution is -0.0402. The van der Waals surface area contributed by atoms with Gasteiger partial charge in [-0.1, -0.05) is 42.5 Å². The minimum atomic E-state index is 0.355. The lowest BCUT2D eigenvalue weighted by Crippen LogP contribution is -2.53. The summed E-state index contributed by atoms with van der Waals surface area (Å²) in [6, 6.07) is 15.9. The number of pyridine rings is 1. The molecule has 2 aromatic rings. The average molecular weight is 320 g/mol. The molecular weight excluding hydrogens is 296 g/mol. The Balaban J connectivity index is 1.62. The minimum Gasteiger partial charge on any atom is -0.378 e. The number of hydrogen-bond donors (Lipinski definition) is 0. The number of morpholine rings is 1. The second kappa shape index (κ2) is 6.50. The molecule has 4 rings (SSSR count). The standard InChI is InChI=1S/C21H24N2O/c1-15-8-9-21(16(2)22-15)18-10-19-13-24-14-20(11-18)23(19)12-17-6-4-3-5-7-17/h3-10,19-20H,11-14H2,1-2H3. The van der Waals surface area contributed by atoms with Crippen molar-refractivity contribution in [1.29, 1.82) is 0 Å². The van der Waals surface area contributed by atoms with E-state index in [9.17, 15) is 0 Å². The predicted octanol–water partition coefficient (Wildman–Crippen LogP) is 3.76. The van der Waals surface area contributed by atoms with Crippen LogP contribution in [0.3, 0.4) is 0 Å². The number of rotatable bonds is 3. The predicted molar refractivity (Wildman–Crippen MR) is 96.7 cm³/mol. The third kappa shape index (κ3) is 3.02. The van der Waals surface area contributed by atoms with Gasteiger partial charge in [0.2, 0.25) is 0 Å². The lowest BCUT2D eigenvalue weighted by Gasteiger charge is -2.45. The Morgan fingerprint density at radius 2 is 1.92 bits per heavy atom. The van der Waals surface area contributed by atoms with E-state index in [0.717, 1.165) is 37.6 Å². The van der Waals surface area contributed by atoms with E-state index in [1.807, 2.05) is 0 Å². The van der Waals surface area contributed by atoms with Crippen molar-refractivity contribution in [2.45, 2.75) is 38.9 Å². The molecule has 3 heteroatoms. The van der Waals surface area contributed by atoms with Gasteiger partial charge in [-0.25, -0.2) is 0 Å². The fraction of sp³-hybridized carbons (Fsp3) is 0.381. The van der Waals surface area contributed by atoms with E-state index in [4.69, 9.17) is 4.74 Å². The Morgan fingerprint density at radius 1 is 1.08 bits per heavy atom. The molecule has 2 bridgehead atoms. The third-order valence-electron chi connectivity index (χ3n) is 5.12. The van der Waals surface area contributed by atoms with E-state index in [1.54, 1.807) is 0 Å². The van der Waals surface area contributed by atoms with Gasteiger partial charge in [0.1, 0.15) is 0 Å². The molecule has 1 aromatic carbocycles. The van der Waals surface area contributed by atoms with Crippen LogP contribution in [0.2, 0.25) is 0 Å². The van der Waals surface area contributed by atoms with E-state index in [0.29, 0.717) is 12.1 Å². The molecule has 124 valence electrons. The molecule has 0 radical (unpaired) electrons. The highest BCUT2D eigenvalue weighted by atomic mass is 16.5. The number of aryl methyl sites for hydroxylation is 2. The van der Waals surface area contributed by atoms with Gasteiger partial charge >= 0.3 is 0 Å². The Labute approximate surface area is 144 Å².